The van der Waals surface area contributed by atoms with Gasteiger partial charge in [0.1, 0.15) is 0 Å². The lowest BCUT2D eigenvalue weighted by Crippen LogP contribution is -1.83. The highest BCUT2D eigenvalue weighted by Crippen LogP contribution is 2.04. The third-order valence-electron chi connectivity index (χ3n) is 0.795. The van der Waals surface area contributed by atoms with Crippen LogP contribution in [0.3, 0.4) is 0 Å². The average molecular weight is 128 g/mol. The van der Waals surface area contributed by atoms with E-state index < -0.39 is 0 Å². The Bertz CT molecular complexity index is 93.1. The van der Waals surface area contributed by atoms with Crippen molar-refractivity contribution in [1.82, 2.24) is 0 Å². The Morgan fingerprint density at radius 2 is 2.12 bits per heavy atom. The van der Waals surface area contributed by atoms with Crippen molar-refractivity contribution >= 4 is 12.0 Å². The van der Waals surface area contributed by atoms with Gasteiger partial charge in [-0.15, -0.1) is 0 Å². The molecule has 0 unspecified atom stereocenters. The summed E-state index contributed by atoms with van der Waals surface area (Å²) >= 11 is 1.49. The molecule has 0 N–H and O–H groups in total. The Kier molecular flexibility index (Phi) is 2.78. The number of hydrogen-bond donors (Lipinski definition) is 0. The minimum Gasteiger partial charge on any atom is -0.311 e. The number of hydrogen-bond acceptors (Lipinski definition) is 2. The van der Waals surface area contributed by atoms with Gasteiger partial charge >= 0.3 is 0 Å². The fourth-order valence-electron chi connectivity index (χ4n) is 0.443. The normalized spacial score (nSPS) is 28.0. The van der Waals surface area contributed by atoms with Crippen molar-refractivity contribution in [3.63, 3.8) is 0 Å². The molecule has 0 aromatic carbocycles. The molecule has 0 fully saturated rings. The average Bonchev–Trinajstić information content (AvgIpc) is 1.62. The molecular weight excluding hydrogens is 120 g/mol. The lowest BCUT2D eigenvalue weighted by atomic mass is 10.4. The molecule has 44 valence electrons. The highest BCUT2D eigenvalue weighted by Gasteiger charge is 1.83. The maximum Gasteiger partial charge on any atom is 0.0798 e. The van der Waals surface area contributed by atoms with Gasteiger partial charge in [0.2, 0.25) is 0 Å². The third kappa shape index (κ3) is 2.19. The summed E-state index contributed by atoms with van der Waals surface area (Å²) in [5, 5.41) is 0. The van der Waals surface area contributed by atoms with Gasteiger partial charge in [-0.1, -0.05) is 24.3 Å². The number of rotatable bonds is 0. The summed E-state index contributed by atoms with van der Waals surface area (Å²) in [5.41, 5.74) is 0. The molecule has 0 aliphatic carbocycles. The zero-order valence-electron chi connectivity index (χ0n) is 4.54. The molecule has 0 spiro atoms. The summed E-state index contributed by atoms with van der Waals surface area (Å²) in [6, 6.07) is 0. The second-order valence-corrected chi connectivity index (χ2v) is 2.23. The molecule has 0 atom stereocenters. The van der Waals surface area contributed by atoms with Gasteiger partial charge < -0.3 is 4.18 Å². The number of allylic oxidation sites excluding steroid dienone is 2. The Labute approximate surface area is 53.6 Å². The van der Waals surface area contributed by atoms with Crippen LogP contribution < -0.4 is 0 Å². The molecule has 0 radical (unpaired) electrons. The Hall–Kier alpha value is -0.210. The van der Waals surface area contributed by atoms with Crippen LogP contribution in [0.15, 0.2) is 24.3 Å². The minimum atomic E-state index is 0.731. The molecule has 0 bridgehead atoms. The van der Waals surface area contributed by atoms with E-state index >= 15 is 0 Å². The van der Waals surface area contributed by atoms with Crippen LogP contribution in [0.5, 0.6) is 0 Å². The van der Waals surface area contributed by atoms with Gasteiger partial charge in [-0.05, 0) is 12.0 Å². The molecule has 8 heavy (non-hydrogen) atoms. The van der Waals surface area contributed by atoms with Crippen molar-refractivity contribution in [2.75, 3.05) is 12.4 Å². The first-order valence-corrected chi connectivity index (χ1v) is 3.47. The van der Waals surface area contributed by atoms with Crippen LogP contribution in [0.25, 0.3) is 0 Å². The topological polar surface area (TPSA) is 9.23 Å². The van der Waals surface area contributed by atoms with Crippen molar-refractivity contribution in [3.8, 4) is 0 Å². The first-order chi connectivity index (χ1) is 4.00. The van der Waals surface area contributed by atoms with E-state index in [0.29, 0.717) is 0 Å². The van der Waals surface area contributed by atoms with Crippen molar-refractivity contribution < 1.29 is 4.18 Å². The summed E-state index contributed by atoms with van der Waals surface area (Å²) in [5.74, 6) is 0.963. The van der Waals surface area contributed by atoms with Crippen LogP contribution in [-0.2, 0) is 4.18 Å². The van der Waals surface area contributed by atoms with Gasteiger partial charge in [-0.2, -0.15) is 0 Å². The lowest BCUT2D eigenvalue weighted by molar-refractivity contribution is 0.429. The molecule has 1 nitrogen and oxygen atoms in total. The van der Waals surface area contributed by atoms with E-state index in [0.717, 1.165) is 12.4 Å². The molecule has 1 heterocycles. The van der Waals surface area contributed by atoms with E-state index in [1.165, 1.54) is 12.0 Å². The van der Waals surface area contributed by atoms with Crippen LogP contribution in [0.1, 0.15) is 0 Å². The van der Waals surface area contributed by atoms with Crippen molar-refractivity contribution in [2.45, 2.75) is 0 Å². The maximum absolute atomic E-state index is 5.05. The summed E-state index contributed by atoms with van der Waals surface area (Å²) < 4.78 is 5.05. The molecular formula is C6H8OS. The van der Waals surface area contributed by atoms with Crippen molar-refractivity contribution in [2.24, 2.45) is 0 Å². The third-order valence-corrected chi connectivity index (χ3v) is 1.43. The molecule has 0 amide bonds. The summed E-state index contributed by atoms with van der Waals surface area (Å²) in [7, 11) is 0. The van der Waals surface area contributed by atoms with E-state index in [2.05, 4.69) is 6.08 Å². The van der Waals surface area contributed by atoms with Crippen LogP contribution in [0, 0.1) is 0 Å². The Morgan fingerprint density at radius 3 is 3.12 bits per heavy atom. The maximum atomic E-state index is 5.05. The van der Waals surface area contributed by atoms with E-state index in [1.54, 1.807) is 0 Å². The predicted octanol–water partition coefficient (Wildman–Crippen LogP) is 1.78. The zero-order valence-corrected chi connectivity index (χ0v) is 5.36. The summed E-state index contributed by atoms with van der Waals surface area (Å²) in [6.45, 7) is 0.731. The minimum absolute atomic E-state index is 0.731. The fraction of sp³-hybridized carbons (Fsp3) is 0.333. The summed E-state index contributed by atoms with van der Waals surface area (Å²) in [6.07, 6.45) is 8.10. The van der Waals surface area contributed by atoms with Crippen LogP contribution in [0.4, 0.5) is 0 Å². The zero-order chi connectivity index (χ0) is 5.66. The van der Waals surface area contributed by atoms with Gasteiger partial charge in [-0.3, -0.25) is 0 Å². The quantitative estimate of drug-likeness (QED) is 0.460. The SMILES string of the molecule is C1=C\COSC\C=C/1. The molecule has 0 aromatic rings. The second-order valence-electron chi connectivity index (χ2n) is 1.43. The monoisotopic (exact) mass is 128 g/mol. The Balaban J connectivity index is 2.33. The van der Waals surface area contributed by atoms with Crippen LogP contribution >= 0.6 is 12.0 Å². The van der Waals surface area contributed by atoms with Gasteiger partial charge in [-0.25, -0.2) is 0 Å². The van der Waals surface area contributed by atoms with Gasteiger partial charge in [0.25, 0.3) is 0 Å². The smallest absolute Gasteiger partial charge is 0.0798 e. The lowest BCUT2D eigenvalue weighted by Gasteiger charge is -1.96. The standard InChI is InChI=1S/C6H8OS/c1-2-4-6-8-7-5-3-1/h1-4H,5-6H2/b3-1-,4-2-. The molecule has 0 saturated carbocycles. The molecule has 0 saturated heterocycles. The van der Waals surface area contributed by atoms with Crippen molar-refractivity contribution in [3.05, 3.63) is 24.3 Å². The van der Waals surface area contributed by atoms with E-state index in [1.807, 2.05) is 18.2 Å². The second kappa shape index (κ2) is 3.75. The first kappa shape index (κ1) is 5.92. The van der Waals surface area contributed by atoms with E-state index in [-0.39, 0.29) is 0 Å². The molecule has 1 rings (SSSR count). The molecule has 2 heteroatoms. The highest BCUT2D eigenvalue weighted by atomic mass is 32.2. The predicted molar refractivity (Wildman–Crippen MR) is 36.7 cm³/mol. The largest absolute Gasteiger partial charge is 0.311 e. The van der Waals surface area contributed by atoms with Crippen molar-refractivity contribution in [1.29, 1.82) is 0 Å². The summed E-state index contributed by atoms with van der Waals surface area (Å²) in [4.78, 5) is 0. The van der Waals surface area contributed by atoms with Gasteiger partial charge in [0.05, 0.1) is 6.61 Å². The van der Waals surface area contributed by atoms with E-state index in [4.69, 9.17) is 4.18 Å². The molecule has 1 aliphatic rings. The Morgan fingerprint density at radius 1 is 1.25 bits per heavy atom. The first-order valence-electron chi connectivity index (χ1n) is 2.56. The van der Waals surface area contributed by atoms with Gasteiger partial charge in [0.15, 0.2) is 0 Å². The fourth-order valence-corrected chi connectivity index (χ4v) is 0.904. The molecule has 0 aromatic heterocycles. The van der Waals surface area contributed by atoms with Crippen LogP contribution in [-0.4, -0.2) is 12.4 Å². The highest BCUT2D eigenvalue weighted by molar-refractivity contribution is 7.94. The van der Waals surface area contributed by atoms with E-state index in [9.17, 15) is 0 Å². The van der Waals surface area contributed by atoms with Gasteiger partial charge in [0, 0.05) is 5.75 Å². The van der Waals surface area contributed by atoms with Crippen LogP contribution in [0.2, 0.25) is 0 Å². The molecule has 1 aliphatic heterocycles.